The minimum atomic E-state index is -0.832. The van der Waals surface area contributed by atoms with Gasteiger partial charge in [-0.15, -0.1) is 11.3 Å². The lowest BCUT2D eigenvalue weighted by Gasteiger charge is -2.17. The van der Waals surface area contributed by atoms with E-state index in [0.717, 1.165) is 16.0 Å². The molecule has 4 heteroatoms. The summed E-state index contributed by atoms with van der Waals surface area (Å²) in [5, 5.41) is 14.7. The number of nitrogens with one attached hydrogen (secondary N) is 1. The Morgan fingerprint density at radius 3 is 2.50 bits per heavy atom. The lowest BCUT2D eigenvalue weighted by atomic mass is 9.97. The summed E-state index contributed by atoms with van der Waals surface area (Å²) in [5.41, 5.74) is 1.06. The van der Waals surface area contributed by atoms with Gasteiger partial charge in [-0.2, -0.15) is 0 Å². The highest BCUT2D eigenvalue weighted by molar-refractivity contribution is 7.10. The van der Waals surface area contributed by atoms with Gasteiger partial charge in [0.15, 0.2) is 0 Å². The first-order chi connectivity index (χ1) is 9.45. The standard InChI is InChI=1S/C16H19NO2S/c1-16(2,19)13-7-5-12(6-8-13)11-17-15(18)10-14-4-3-9-20-14/h3-9,19H,10-11H2,1-2H3,(H,17,18). The van der Waals surface area contributed by atoms with Gasteiger partial charge in [0.25, 0.3) is 0 Å². The Balaban J connectivity index is 1.86. The van der Waals surface area contributed by atoms with Gasteiger partial charge in [0.2, 0.25) is 5.91 Å². The first-order valence-corrected chi connectivity index (χ1v) is 7.44. The number of hydrogen-bond acceptors (Lipinski definition) is 3. The fourth-order valence-electron chi connectivity index (χ4n) is 1.87. The molecular weight excluding hydrogens is 270 g/mol. The smallest absolute Gasteiger partial charge is 0.225 e. The van der Waals surface area contributed by atoms with Crippen LogP contribution in [-0.4, -0.2) is 11.0 Å². The zero-order valence-electron chi connectivity index (χ0n) is 11.7. The Morgan fingerprint density at radius 1 is 1.25 bits per heavy atom. The molecule has 0 saturated heterocycles. The second-order valence-corrected chi connectivity index (χ2v) is 6.32. The van der Waals surface area contributed by atoms with E-state index < -0.39 is 5.60 Å². The lowest BCUT2D eigenvalue weighted by Crippen LogP contribution is -2.24. The molecule has 0 radical (unpaired) electrons. The van der Waals surface area contributed by atoms with Gasteiger partial charge in [0.05, 0.1) is 12.0 Å². The van der Waals surface area contributed by atoms with Crippen molar-refractivity contribution in [1.29, 1.82) is 0 Å². The first kappa shape index (κ1) is 14.8. The molecule has 1 amide bonds. The quantitative estimate of drug-likeness (QED) is 0.889. The Bertz CT molecular complexity index is 553. The van der Waals surface area contributed by atoms with Crippen molar-refractivity contribution in [2.45, 2.75) is 32.4 Å². The minimum absolute atomic E-state index is 0.0269. The number of thiophene rings is 1. The summed E-state index contributed by atoms with van der Waals surface area (Å²) in [5.74, 6) is 0.0269. The van der Waals surface area contributed by atoms with Crippen LogP contribution in [0.1, 0.15) is 29.9 Å². The van der Waals surface area contributed by atoms with Gasteiger partial charge in [-0.25, -0.2) is 0 Å². The monoisotopic (exact) mass is 289 g/mol. The van der Waals surface area contributed by atoms with Crippen LogP contribution in [0.4, 0.5) is 0 Å². The van der Waals surface area contributed by atoms with Crippen LogP contribution < -0.4 is 5.32 Å². The van der Waals surface area contributed by atoms with Crippen molar-refractivity contribution in [2.24, 2.45) is 0 Å². The van der Waals surface area contributed by atoms with Crippen molar-refractivity contribution in [3.8, 4) is 0 Å². The van der Waals surface area contributed by atoms with Gasteiger partial charge in [-0.05, 0) is 36.4 Å². The van der Waals surface area contributed by atoms with Crippen molar-refractivity contribution in [2.75, 3.05) is 0 Å². The van der Waals surface area contributed by atoms with E-state index in [4.69, 9.17) is 0 Å². The zero-order chi connectivity index (χ0) is 14.6. The van der Waals surface area contributed by atoms with Gasteiger partial charge in [0.1, 0.15) is 0 Å². The second kappa shape index (κ2) is 6.20. The van der Waals surface area contributed by atoms with Crippen molar-refractivity contribution in [3.63, 3.8) is 0 Å². The number of hydrogen-bond donors (Lipinski definition) is 2. The molecule has 0 aliphatic carbocycles. The van der Waals surface area contributed by atoms with E-state index in [9.17, 15) is 9.90 Å². The second-order valence-electron chi connectivity index (χ2n) is 5.29. The van der Waals surface area contributed by atoms with E-state index in [0.29, 0.717) is 13.0 Å². The van der Waals surface area contributed by atoms with Crippen molar-refractivity contribution in [1.82, 2.24) is 5.32 Å². The molecular formula is C16H19NO2S. The normalized spacial score (nSPS) is 11.3. The van der Waals surface area contributed by atoms with Crippen molar-refractivity contribution in [3.05, 3.63) is 57.8 Å². The summed E-state index contributed by atoms with van der Waals surface area (Å²) in [4.78, 5) is 12.8. The highest BCUT2D eigenvalue weighted by Gasteiger charge is 2.15. The Hall–Kier alpha value is -1.65. The van der Waals surface area contributed by atoms with E-state index in [1.54, 1.807) is 25.2 Å². The third-order valence-electron chi connectivity index (χ3n) is 3.06. The van der Waals surface area contributed by atoms with Crippen LogP contribution in [0.15, 0.2) is 41.8 Å². The minimum Gasteiger partial charge on any atom is -0.386 e. The number of amides is 1. The molecule has 1 heterocycles. The van der Waals surface area contributed by atoms with Gasteiger partial charge in [0, 0.05) is 11.4 Å². The number of carbonyl (C=O) groups is 1. The number of carbonyl (C=O) groups excluding carboxylic acids is 1. The average molecular weight is 289 g/mol. The maximum absolute atomic E-state index is 11.8. The van der Waals surface area contributed by atoms with Gasteiger partial charge in [-0.3, -0.25) is 4.79 Å². The molecule has 2 aromatic rings. The maximum Gasteiger partial charge on any atom is 0.225 e. The molecule has 1 aromatic carbocycles. The van der Waals surface area contributed by atoms with Crippen LogP contribution >= 0.6 is 11.3 Å². The molecule has 0 aliphatic heterocycles. The first-order valence-electron chi connectivity index (χ1n) is 6.56. The summed E-state index contributed by atoms with van der Waals surface area (Å²) in [7, 11) is 0. The van der Waals surface area contributed by atoms with Crippen LogP contribution in [0.5, 0.6) is 0 Å². The van der Waals surface area contributed by atoms with Gasteiger partial charge in [-0.1, -0.05) is 30.3 Å². The molecule has 2 N–H and O–H groups in total. The van der Waals surface area contributed by atoms with E-state index in [1.807, 2.05) is 41.8 Å². The Labute approximate surface area is 123 Å². The van der Waals surface area contributed by atoms with Gasteiger partial charge < -0.3 is 10.4 Å². The van der Waals surface area contributed by atoms with Crippen LogP contribution in [0.2, 0.25) is 0 Å². The number of aliphatic hydroxyl groups is 1. The van der Waals surface area contributed by atoms with E-state index in [1.165, 1.54) is 0 Å². The molecule has 0 aliphatic rings. The summed E-state index contributed by atoms with van der Waals surface area (Å²) in [6, 6.07) is 11.5. The molecule has 0 bridgehead atoms. The van der Waals surface area contributed by atoms with E-state index >= 15 is 0 Å². The van der Waals surface area contributed by atoms with Crippen molar-refractivity contribution < 1.29 is 9.90 Å². The summed E-state index contributed by atoms with van der Waals surface area (Å²) in [6.45, 7) is 4.02. The average Bonchev–Trinajstić information content (AvgIpc) is 2.88. The molecule has 0 unspecified atom stereocenters. The van der Waals surface area contributed by atoms with Crippen LogP contribution in [0.25, 0.3) is 0 Å². The fraction of sp³-hybridized carbons (Fsp3) is 0.312. The van der Waals surface area contributed by atoms with Crippen molar-refractivity contribution >= 4 is 17.2 Å². The highest BCUT2D eigenvalue weighted by atomic mass is 32.1. The maximum atomic E-state index is 11.8. The summed E-state index contributed by atoms with van der Waals surface area (Å²) < 4.78 is 0. The predicted molar refractivity (Wildman–Crippen MR) is 81.6 cm³/mol. The third kappa shape index (κ3) is 4.18. The molecule has 0 fully saturated rings. The molecule has 0 atom stereocenters. The van der Waals surface area contributed by atoms with Crippen LogP contribution in [-0.2, 0) is 23.4 Å². The van der Waals surface area contributed by atoms with Crippen LogP contribution in [0.3, 0.4) is 0 Å². The van der Waals surface area contributed by atoms with Crippen LogP contribution in [0, 0.1) is 0 Å². The predicted octanol–water partition coefficient (Wildman–Crippen LogP) is 2.83. The Morgan fingerprint density at radius 2 is 1.95 bits per heavy atom. The SMILES string of the molecule is CC(C)(O)c1ccc(CNC(=O)Cc2cccs2)cc1. The molecule has 0 spiro atoms. The number of rotatable bonds is 5. The third-order valence-corrected chi connectivity index (χ3v) is 3.94. The summed E-state index contributed by atoms with van der Waals surface area (Å²) >= 11 is 1.59. The number of benzene rings is 1. The van der Waals surface area contributed by atoms with Gasteiger partial charge >= 0.3 is 0 Å². The molecule has 20 heavy (non-hydrogen) atoms. The fourth-order valence-corrected chi connectivity index (χ4v) is 2.57. The molecule has 0 saturated carbocycles. The largest absolute Gasteiger partial charge is 0.386 e. The lowest BCUT2D eigenvalue weighted by molar-refractivity contribution is -0.120. The van der Waals surface area contributed by atoms with E-state index in [-0.39, 0.29) is 5.91 Å². The van der Waals surface area contributed by atoms with E-state index in [2.05, 4.69) is 5.32 Å². The Kier molecular flexibility index (Phi) is 4.57. The highest BCUT2D eigenvalue weighted by Crippen LogP contribution is 2.19. The zero-order valence-corrected chi connectivity index (χ0v) is 12.5. The molecule has 2 rings (SSSR count). The summed E-state index contributed by atoms with van der Waals surface area (Å²) in [6.07, 6.45) is 0.430. The molecule has 1 aromatic heterocycles. The topological polar surface area (TPSA) is 49.3 Å². The molecule has 106 valence electrons. The molecule has 3 nitrogen and oxygen atoms in total.